The van der Waals surface area contributed by atoms with Crippen LogP contribution in [0, 0.1) is 0 Å². The number of ketones is 2. The Balaban J connectivity index is 2.06. The Bertz CT molecular complexity index is 849. The lowest BCUT2D eigenvalue weighted by atomic mass is 9.69. The van der Waals surface area contributed by atoms with Crippen LogP contribution in [-0.4, -0.2) is 11.6 Å². The van der Waals surface area contributed by atoms with Gasteiger partial charge in [-0.2, -0.15) is 0 Å². The number of hydrogen-bond acceptors (Lipinski definition) is 2. The van der Waals surface area contributed by atoms with Gasteiger partial charge in [0.05, 0.1) is 8.99 Å². The number of fused-ring (bicyclic) bond motifs is 1. The zero-order chi connectivity index (χ0) is 17.2. The van der Waals surface area contributed by atoms with Crippen molar-refractivity contribution in [3.8, 4) is 0 Å². The maximum atomic E-state index is 13.0. The van der Waals surface area contributed by atoms with Crippen LogP contribution in [0.5, 0.6) is 0 Å². The van der Waals surface area contributed by atoms with Gasteiger partial charge in [0.25, 0.3) is 0 Å². The molecule has 2 aromatic carbocycles. The first-order chi connectivity index (χ1) is 11.6. The van der Waals surface area contributed by atoms with Crippen molar-refractivity contribution < 1.29 is 9.59 Å². The summed E-state index contributed by atoms with van der Waals surface area (Å²) in [4.78, 5) is 25.4. The quantitative estimate of drug-likeness (QED) is 0.384. The number of allylic oxidation sites excluding steroid dienone is 3. The molecule has 2 aromatic rings. The average Bonchev–Trinajstić information content (AvgIpc) is 2.63. The Morgan fingerprint density at radius 1 is 1.08 bits per heavy atom. The fourth-order valence-electron chi connectivity index (χ4n) is 3.12. The predicted octanol–water partition coefficient (Wildman–Crippen LogP) is 5.13. The van der Waals surface area contributed by atoms with Crippen molar-refractivity contribution in [1.82, 2.24) is 0 Å². The summed E-state index contributed by atoms with van der Waals surface area (Å²) in [6, 6.07) is 17.0. The molecule has 24 heavy (non-hydrogen) atoms. The van der Waals surface area contributed by atoms with Gasteiger partial charge in [0, 0.05) is 5.56 Å². The second-order valence-electron chi connectivity index (χ2n) is 5.80. The van der Waals surface area contributed by atoms with E-state index in [9.17, 15) is 9.59 Å². The first-order valence-electron chi connectivity index (χ1n) is 7.88. The highest BCUT2D eigenvalue weighted by Crippen LogP contribution is 2.41. The Labute approximate surface area is 155 Å². The third-order valence-electron chi connectivity index (χ3n) is 4.48. The normalized spacial score (nSPS) is 19.9. The summed E-state index contributed by atoms with van der Waals surface area (Å²) in [5, 5.41) is 0. The van der Waals surface area contributed by atoms with Gasteiger partial charge in [-0.15, -0.1) is 0 Å². The van der Waals surface area contributed by atoms with Crippen molar-refractivity contribution in [1.29, 1.82) is 0 Å². The van der Waals surface area contributed by atoms with E-state index in [1.807, 2.05) is 55.5 Å². The molecule has 0 amide bonds. The summed E-state index contributed by atoms with van der Waals surface area (Å²) in [6.07, 6.45) is 5.86. The Kier molecular flexibility index (Phi) is 4.81. The monoisotopic (exact) mass is 428 g/mol. The Hall–Kier alpha value is -2.01. The van der Waals surface area contributed by atoms with Crippen LogP contribution in [0.3, 0.4) is 0 Å². The second-order valence-corrected chi connectivity index (χ2v) is 6.96. The highest BCUT2D eigenvalue weighted by molar-refractivity contribution is 14.1. The van der Waals surface area contributed by atoms with Crippen molar-refractivity contribution in [2.75, 3.05) is 0 Å². The first kappa shape index (κ1) is 16.8. The van der Waals surface area contributed by atoms with Gasteiger partial charge in [0.2, 0.25) is 0 Å². The van der Waals surface area contributed by atoms with Gasteiger partial charge in [-0.05, 0) is 52.3 Å². The molecule has 0 unspecified atom stereocenters. The van der Waals surface area contributed by atoms with Crippen LogP contribution in [-0.2, 0) is 10.2 Å². The zero-order valence-corrected chi connectivity index (χ0v) is 15.5. The molecule has 2 nitrogen and oxygen atoms in total. The number of hydrogen-bond donors (Lipinski definition) is 0. The van der Waals surface area contributed by atoms with Crippen molar-refractivity contribution >= 4 is 40.2 Å². The van der Waals surface area contributed by atoms with Gasteiger partial charge in [0.15, 0.2) is 11.6 Å². The molecule has 0 aliphatic heterocycles. The fraction of sp³-hybridized carbons (Fsp3) is 0.143. The van der Waals surface area contributed by atoms with Crippen LogP contribution in [0.1, 0.15) is 34.8 Å². The van der Waals surface area contributed by atoms with Gasteiger partial charge in [-0.25, -0.2) is 0 Å². The van der Waals surface area contributed by atoms with Gasteiger partial charge < -0.3 is 0 Å². The van der Waals surface area contributed by atoms with E-state index in [1.165, 1.54) is 0 Å². The van der Waals surface area contributed by atoms with E-state index in [0.29, 0.717) is 15.6 Å². The van der Waals surface area contributed by atoms with Gasteiger partial charge >= 0.3 is 0 Å². The molecule has 0 aromatic heterocycles. The lowest BCUT2D eigenvalue weighted by molar-refractivity contribution is -0.118. The smallest absolute Gasteiger partial charge is 0.185 e. The standard InChI is InChI=1S/C21H17IO2/c1-2-21(13-12-19(23)15-8-4-3-5-9-15)17-11-7-6-10-16(17)14-18(22)20(21)24/h3-14H,2H2,1H3/b13-12-/t21-/m1/s1. The number of halogens is 1. The van der Waals surface area contributed by atoms with Crippen LogP contribution >= 0.6 is 22.6 Å². The van der Waals surface area contributed by atoms with E-state index < -0.39 is 5.41 Å². The first-order valence-corrected chi connectivity index (χ1v) is 8.96. The summed E-state index contributed by atoms with van der Waals surface area (Å²) >= 11 is 2.09. The second kappa shape index (κ2) is 6.85. The highest BCUT2D eigenvalue weighted by Gasteiger charge is 2.41. The van der Waals surface area contributed by atoms with Crippen LogP contribution in [0.2, 0.25) is 0 Å². The summed E-state index contributed by atoms with van der Waals surface area (Å²) in [5.41, 5.74) is 1.86. The molecule has 0 N–H and O–H groups in total. The summed E-state index contributed by atoms with van der Waals surface area (Å²) < 4.78 is 0.699. The summed E-state index contributed by atoms with van der Waals surface area (Å²) in [6.45, 7) is 1.99. The molecule has 0 spiro atoms. The largest absolute Gasteiger partial charge is 0.292 e. The van der Waals surface area contributed by atoms with Crippen LogP contribution in [0.25, 0.3) is 6.08 Å². The lowest BCUT2D eigenvalue weighted by Crippen LogP contribution is -2.36. The molecule has 120 valence electrons. The van der Waals surface area contributed by atoms with Crippen molar-refractivity contribution in [2.45, 2.75) is 18.8 Å². The fourth-order valence-corrected chi connectivity index (χ4v) is 3.93. The lowest BCUT2D eigenvalue weighted by Gasteiger charge is -2.33. The summed E-state index contributed by atoms with van der Waals surface area (Å²) in [7, 11) is 0. The highest BCUT2D eigenvalue weighted by atomic mass is 127. The molecule has 1 aliphatic rings. The number of carbonyl (C=O) groups is 2. The molecule has 0 saturated carbocycles. The molecule has 0 fully saturated rings. The number of rotatable bonds is 4. The molecular formula is C21H17IO2. The molecular weight excluding hydrogens is 411 g/mol. The van der Waals surface area contributed by atoms with E-state index >= 15 is 0 Å². The van der Waals surface area contributed by atoms with Gasteiger partial charge in [0.1, 0.15) is 0 Å². The van der Waals surface area contributed by atoms with Gasteiger partial charge in [-0.3, -0.25) is 9.59 Å². The van der Waals surface area contributed by atoms with E-state index in [0.717, 1.165) is 11.1 Å². The molecule has 0 saturated heterocycles. The number of carbonyl (C=O) groups excluding carboxylic acids is 2. The molecule has 3 rings (SSSR count). The molecule has 1 aliphatic carbocycles. The predicted molar refractivity (Wildman–Crippen MR) is 105 cm³/mol. The molecule has 0 bridgehead atoms. The number of Topliss-reactive ketones (excluding diaryl/α,β-unsaturated/α-hetero) is 1. The minimum absolute atomic E-state index is 0.0569. The average molecular weight is 428 g/mol. The van der Waals surface area contributed by atoms with E-state index in [4.69, 9.17) is 0 Å². The minimum atomic E-state index is -0.772. The van der Waals surface area contributed by atoms with Gasteiger partial charge in [-0.1, -0.05) is 67.6 Å². The maximum Gasteiger partial charge on any atom is 0.185 e. The molecule has 0 radical (unpaired) electrons. The van der Waals surface area contributed by atoms with E-state index in [-0.39, 0.29) is 11.6 Å². The third-order valence-corrected chi connectivity index (χ3v) is 5.28. The SMILES string of the molecule is CC[C@]1(/C=C\C(=O)c2ccccc2)C(=O)C(I)=Cc2ccccc21. The Morgan fingerprint density at radius 3 is 2.46 bits per heavy atom. The van der Waals surface area contributed by atoms with E-state index in [1.54, 1.807) is 24.3 Å². The number of benzene rings is 2. The van der Waals surface area contributed by atoms with Crippen LogP contribution in [0.4, 0.5) is 0 Å². The topological polar surface area (TPSA) is 34.1 Å². The van der Waals surface area contributed by atoms with Crippen LogP contribution in [0.15, 0.2) is 70.3 Å². The van der Waals surface area contributed by atoms with E-state index in [2.05, 4.69) is 22.6 Å². The molecule has 1 atom stereocenters. The zero-order valence-electron chi connectivity index (χ0n) is 13.3. The van der Waals surface area contributed by atoms with Crippen molar-refractivity contribution in [3.63, 3.8) is 0 Å². The molecule has 3 heteroatoms. The molecule has 0 heterocycles. The summed E-state index contributed by atoms with van der Waals surface area (Å²) in [5.74, 6) is -0.0281. The Morgan fingerprint density at radius 2 is 1.75 bits per heavy atom. The maximum absolute atomic E-state index is 13.0. The third kappa shape index (κ3) is 2.88. The van der Waals surface area contributed by atoms with Crippen molar-refractivity contribution in [2.24, 2.45) is 0 Å². The minimum Gasteiger partial charge on any atom is -0.292 e. The van der Waals surface area contributed by atoms with Crippen molar-refractivity contribution in [3.05, 3.63) is 87.0 Å². The van der Waals surface area contributed by atoms with Crippen LogP contribution < -0.4 is 0 Å².